The van der Waals surface area contributed by atoms with Crippen LogP contribution in [0.15, 0.2) is 0 Å². The lowest BCUT2D eigenvalue weighted by Gasteiger charge is -2.41. The summed E-state index contributed by atoms with van der Waals surface area (Å²) in [6.45, 7) is 15.4. The van der Waals surface area contributed by atoms with E-state index >= 15 is 0 Å². The van der Waals surface area contributed by atoms with Gasteiger partial charge in [-0.15, -0.1) is 0 Å². The third-order valence-electron chi connectivity index (χ3n) is 3.75. The van der Waals surface area contributed by atoms with Crippen molar-refractivity contribution in [2.45, 2.75) is 59.2 Å². The Morgan fingerprint density at radius 3 is 2.59 bits per heavy atom. The molecule has 0 radical (unpaired) electrons. The third-order valence-corrected chi connectivity index (χ3v) is 3.75. The standard InChI is InChI=1S/C14H30N2O/c1-6-13-10-17-12(5)8-16(13)9-14(11(3)4)15-7-2/h11-15H,6-10H2,1-5H3. The molecule has 3 heteroatoms. The molecule has 1 aliphatic rings. The highest BCUT2D eigenvalue weighted by Crippen LogP contribution is 2.16. The maximum atomic E-state index is 5.75. The Morgan fingerprint density at radius 2 is 2.06 bits per heavy atom. The van der Waals surface area contributed by atoms with Crippen molar-refractivity contribution in [1.82, 2.24) is 10.2 Å². The zero-order valence-corrected chi connectivity index (χ0v) is 12.2. The number of rotatable bonds is 6. The molecule has 1 fully saturated rings. The average Bonchev–Trinajstić information content (AvgIpc) is 2.28. The highest BCUT2D eigenvalue weighted by Gasteiger charge is 2.28. The second-order valence-electron chi connectivity index (χ2n) is 5.57. The van der Waals surface area contributed by atoms with Crippen LogP contribution in [-0.4, -0.2) is 49.3 Å². The molecule has 3 atom stereocenters. The lowest BCUT2D eigenvalue weighted by molar-refractivity contribution is -0.0598. The largest absolute Gasteiger partial charge is 0.376 e. The van der Waals surface area contributed by atoms with E-state index in [0.29, 0.717) is 24.1 Å². The van der Waals surface area contributed by atoms with Gasteiger partial charge in [0.1, 0.15) is 0 Å². The summed E-state index contributed by atoms with van der Waals surface area (Å²) in [7, 11) is 0. The van der Waals surface area contributed by atoms with Crippen LogP contribution >= 0.6 is 0 Å². The van der Waals surface area contributed by atoms with Crippen LogP contribution in [0.25, 0.3) is 0 Å². The monoisotopic (exact) mass is 242 g/mol. The first kappa shape index (κ1) is 14.9. The highest BCUT2D eigenvalue weighted by atomic mass is 16.5. The summed E-state index contributed by atoms with van der Waals surface area (Å²) in [6, 6.07) is 1.20. The number of ether oxygens (including phenoxy) is 1. The van der Waals surface area contributed by atoms with E-state index in [1.54, 1.807) is 0 Å². The average molecular weight is 242 g/mol. The summed E-state index contributed by atoms with van der Waals surface area (Å²) in [4.78, 5) is 2.61. The zero-order chi connectivity index (χ0) is 12.8. The SMILES string of the molecule is CCNC(CN1CC(C)OCC1CC)C(C)C. The van der Waals surface area contributed by atoms with Crippen molar-refractivity contribution in [1.29, 1.82) is 0 Å². The summed E-state index contributed by atoms with van der Waals surface area (Å²) in [5.41, 5.74) is 0. The molecule has 0 amide bonds. The Hall–Kier alpha value is -0.120. The molecule has 1 saturated heterocycles. The van der Waals surface area contributed by atoms with E-state index in [1.165, 1.54) is 6.42 Å². The van der Waals surface area contributed by atoms with Gasteiger partial charge in [0, 0.05) is 25.2 Å². The maximum Gasteiger partial charge on any atom is 0.0674 e. The number of hydrogen-bond acceptors (Lipinski definition) is 3. The van der Waals surface area contributed by atoms with Gasteiger partial charge in [0.05, 0.1) is 12.7 Å². The molecule has 0 aromatic heterocycles. The minimum Gasteiger partial charge on any atom is -0.376 e. The molecule has 1 heterocycles. The number of nitrogens with one attached hydrogen (secondary N) is 1. The quantitative estimate of drug-likeness (QED) is 0.772. The first-order valence-electron chi connectivity index (χ1n) is 7.17. The molecule has 0 aromatic carbocycles. The normalized spacial score (nSPS) is 28.6. The van der Waals surface area contributed by atoms with Crippen molar-refractivity contribution in [3.8, 4) is 0 Å². The Morgan fingerprint density at radius 1 is 1.35 bits per heavy atom. The van der Waals surface area contributed by atoms with Crippen LogP contribution in [0.5, 0.6) is 0 Å². The van der Waals surface area contributed by atoms with Crippen molar-refractivity contribution < 1.29 is 4.74 Å². The summed E-state index contributed by atoms with van der Waals surface area (Å²) in [5, 5.41) is 3.61. The zero-order valence-electron chi connectivity index (χ0n) is 12.2. The van der Waals surface area contributed by atoms with Gasteiger partial charge in [-0.3, -0.25) is 4.90 Å². The van der Waals surface area contributed by atoms with Gasteiger partial charge in [-0.05, 0) is 25.8 Å². The van der Waals surface area contributed by atoms with Crippen molar-refractivity contribution in [3.05, 3.63) is 0 Å². The van der Waals surface area contributed by atoms with Gasteiger partial charge in [-0.1, -0.05) is 27.7 Å². The summed E-state index contributed by atoms with van der Waals surface area (Å²) < 4.78 is 5.75. The first-order valence-corrected chi connectivity index (χ1v) is 7.17. The minimum atomic E-state index is 0.382. The molecule has 102 valence electrons. The number of nitrogens with zero attached hydrogens (tertiary/aromatic N) is 1. The van der Waals surface area contributed by atoms with E-state index in [1.807, 2.05) is 0 Å². The summed E-state index contributed by atoms with van der Waals surface area (Å²) in [6.07, 6.45) is 1.57. The molecule has 17 heavy (non-hydrogen) atoms. The van der Waals surface area contributed by atoms with Gasteiger partial charge in [0.25, 0.3) is 0 Å². The van der Waals surface area contributed by atoms with E-state index in [0.717, 1.165) is 26.2 Å². The molecule has 3 unspecified atom stereocenters. The Kier molecular flexibility index (Phi) is 6.45. The molecule has 1 aliphatic heterocycles. The van der Waals surface area contributed by atoms with Crippen molar-refractivity contribution in [3.63, 3.8) is 0 Å². The predicted octanol–water partition coefficient (Wildman–Crippen LogP) is 2.12. The minimum absolute atomic E-state index is 0.382. The fourth-order valence-electron chi connectivity index (χ4n) is 2.54. The molecule has 0 bridgehead atoms. The number of hydrogen-bond donors (Lipinski definition) is 1. The molecule has 0 aromatic rings. The Labute approximate surface area is 107 Å². The second kappa shape index (κ2) is 7.34. The van der Waals surface area contributed by atoms with Gasteiger partial charge in [0.2, 0.25) is 0 Å². The van der Waals surface area contributed by atoms with Crippen LogP contribution in [-0.2, 0) is 4.74 Å². The van der Waals surface area contributed by atoms with E-state index in [2.05, 4.69) is 44.8 Å². The van der Waals surface area contributed by atoms with E-state index < -0.39 is 0 Å². The van der Waals surface area contributed by atoms with E-state index in [4.69, 9.17) is 4.74 Å². The topological polar surface area (TPSA) is 24.5 Å². The van der Waals surface area contributed by atoms with Crippen molar-refractivity contribution in [2.75, 3.05) is 26.2 Å². The van der Waals surface area contributed by atoms with E-state index in [-0.39, 0.29) is 0 Å². The second-order valence-corrected chi connectivity index (χ2v) is 5.57. The Bertz CT molecular complexity index is 208. The van der Waals surface area contributed by atoms with Crippen LogP contribution in [0.1, 0.15) is 41.0 Å². The molecule has 0 aliphatic carbocycles. The van der Waals surface area contributed by atoms with Gasteiger partial charge in [-0.2, -0.15) is 0 Å². The van der Waals surface area contributed by atoms with Gasteiger partial charge >= 0.3 is 0 Å². The van der Waals surface area contributed by atoms with Gasteiger partial charge < -0.3 is 10.1 Å². The molecule has 1 N–H and O–H groups in total. The van der Waals surface area contributed by atoms with Crippen LogP contribution in [0.3, 0.4) is 0 Å². The van der Waals surface area contributed by atoms with Gasteiger partial charge in [0.15, 0.2) is 0 Å². The fourth-order valence-corrected chi connectivity index (χ4v) is 2.54. The Balaban J connectivity index is 2.54. The third kappa shape index (κ3) is 4.57. The predicted molar refractivity (Wildman–Crippen MR) is 73.4 cm³/mol. The fraction of sp³-hybridized carbons (Fsp3) is 1.00. The number of likely N-dealkylation sites (N-methyl/N-ethyl adjacent to an activating group) is 1. The molecular weight excluding hydrogens is 212 g/mol. The van der Waals surface area contributed by atoms with Crippen molar-refractivity contribution in [2.24, 2.45) is 5.92 Å². The lowest BCUT2D eigenvalue weighted by Crippen LogP contribution is -2.54. The summed E-state index contributed by atoms with van der Waals surface area (Å²) in [5.74, 6) is 0.686. The maximum absolute atomic E-state index is 5.75. The van der Waals surface area contributed by atoms with Crippen LogP contribution in [0.2, 0.25) is 0 Å². The van der Waals surface area contributed by atoms with Gasteiger partial charge in [-0.25, -0.2) is 0 Å². The molecule has 0 spiro atoms. The molecular formula is C14H30N2O. The number of morpholine rings is 1. The first-order chi connectivity index (χ1) is 8.08. The summed E-state index contributed by atoms with van der Waals surface area (Å²) >= 11 is 0. The molecule has 1 rings (SSSR count). The van der Waals surface area contributed by atoms with Crippen molar-refractivity contribution >= 4 is 0 Å². The van der Waals surface area contributed by atoms with Crippen LogP contribution in [0, 0.1) is 5.92 Å². The molecule has 0 saturated carbocycles. The van der Waals surface area contributed by atoms with Crippen LogP contribution in [0.4, 0.5) is 0 Å². The van der Waals surface area contributed by atoms with E-state index in [9.17, 15) is 0 Å². The highest BCUT2D eigenvalue weighted by molar-refractivity contribution is 4.83. The smallest absolute Gasteiger partial charge is 0.0674 e. The lowest BCUT2D eigenvalue weighted by atomic mass is 10.0. The van der Waals surface area contributed by atoms with Crippen LogP contribution < -0.4 is 5.32 Å². The molecule has 3 nitrogen and oxygen atoms in total.